The maximum atomic E-state index is 12.1. The van der Waals surface area contributed by atoms with E-state index in [9.17, 15) is 14.4 Å². The van der Waals surface area contributed by atoms with E-state index in [0.717, 1.165) is 19.3 Å². The molecular formula is C19H31N5O8. The van der Waals surface area contributed by atoms with Gasteiger partial charge in [0.05, 0.1) is 33.1 Å². The number of ether oxygens (including phenoxy) is 5. The van der Waals surface area contributed by atoms with Crippen molar-refractivity contribution in [1.29, 1.82) is 0 Å². The number of nitrogen functional groups attached to an aromatic ring is 1. The number of unbranched alkanes of at least 4 members (excludes halogenated alkanes) is 2. The standard InChI is InChI=1S/C19H31N5O8/c1-3-5-8-29-18(26)30-11-7-10-28-17(32-19(27)31-9-6-4-2)24-12-21-13-14(24)22-16(20)23-15(13)25/h17,21H,3-12H2,1-2H3,(H3,20,22,23,25). The third-order valence-corrected chi connectivity index (χ3v) is 4.27. The normalized spacial score (nSPS) is 13.1. The highest BCUT2D eigenvalue weighted by molar-refractivity contribution is 5.71. The molecule has 1 aliphatic heterocycles. The Morgan fingerprint density at radius 1 is 1.03 bits per heavy atom. The molecule has 0 saturated carbocycles. The first-order valence-corrected chi connectivity index (χ1v) is 10.6. The molecule has 4 N–H and O–H groups in total. The van der Waals surface area contributed by atoms with Crippen LogP contribution in [0.5, 0.6) is 0 Å². The summed E-state index contributed by atoms with van der Waals surface area (Å²) in [6, 6.07) is 0. The number of H-pyrrole nitrogens is 1. The number of carbonyl (C=O) groups is 2. The van der Waals surface area contributed by atoms with Gasteiger partial charge in [0, 0.05) is 6.42 Å². The maximum Gasteiger partial charge on any atom is 0.511 e. The fraction of sp³-hybridized carbons (Fsp3) is 0.684. The quantitative estimate of drug-likeness (QED) is 0.224. The van der Waals surface area contributed by atoms with Gasteiger partial charge in [-0.1, -0.05) is 26.7 Å². The lowest BCUT2D eigenvalue weighted by atomic mass is 10.4. The predicted molar refractivity (Wildman–Crippen MR) is 114 cm³/mol. The Bertz CT molecular complexity index is 802. The van der Waals surface area contributed by atoms with Crippen LogP contribution in [0.15, 0.2) is 4.79 Å². The van der Waals surface area contributed by atoms with Crippen LogP contribution < -0.4 is 21.5 Å². The van der Waals surface area contributed by atoms with E-state index in [1.165, 1.54) is 4.90 Å². The first kappa shape index (κ1) is 25.0. The fourth-order valence-electron chi connectivity index (χ4n) is 2.60. The maximum absolute atomic E-state index is 12.1. The van der Waals surface area contributed by atoms with Crippen molar-refractivity contribution in [1.82, 2.24) is 9.97 Å². The van der Waals surface area contributed by atoms with Crippen molar-refractivity contribution in [2.24, 2.45) is 0 Å². The summed E-state index contributed by atoms with van der Waals surface area (Å²) in [5.41, 5.74) is 5.34. The average Bonchev–Trinajstić information content (AvgIpc) is 3.17. The smallest absolute Gasteiger partial charge is 0.434 e. The summed E-state index contributed by atoms with van der Waals surface area (Å²) < 4.78 is 25.8. The monoisotopic (exact) mass is 457 g/mol. The Labute approximate surface area is 185 Å². The molecule has 0 fully saturated rings. The zero-order valence-corrected chi connectivity index (χ0v) is 18.4. The topological polar surface area (TPSA) is 167 Å². The summed E-state index contributed by atoms with van der Waals surface area (Å²) in [4.78, 5) is 43.5. The van der Waals surface area contributed by atoms with Gasteiger partial charge < -0.3 is 34.7 Å². The van der Waals surface area contributed by atoms with Crippen LogP contribution in [-0.4, -0.2) is 61.8 Å². The minimum Gasteiger partial charge on any atom is -0.434 e. The zero-order valence-electron chi connectivity index (χ0n) is 18.4. The summed E-state index contributed by atoms with van der Waals surface area (Å²) in [5.74, 6) is 0.0788. The molecule has 1 aromatic heterocycles. The second kappa shape index (κ2) is 13.2. The number of nitrogens with zero attached hydrogens (tertiary/aromatic N) is 2. The van der Waals surface area contributed by atoms with Crippen LogP contribution >= 0.6 is 0 Å². The molecular weight excluding hydrogens is 426 g/mol. The van der Waals surface area contributed by atoms with Gasteiger partial charge >= 0.3 is 12.3 Å². The summed E-state index contributed by atoms with van der Waals surface area (Å²) in [6.45, 7) is 4.66. The van der Waals surface area contributed by atoms with Crippen LogP contribution in [0.25, 0.3) is 0 Å². The summed E-state index contributed by atoms with van der Waals surface area (Å²) in [7, 11) is 0. The Morgan fingerprint density at radius 2 is 1.66 bits per heavy atom. The number of aromatic amines is 1. The van der Waals surface area contributed by atoms with Gasteiger partial charge in [0.25, 0.3) is 12.0 Å². The Balaban J connectivity index is 1.92. The lowest BCUT2D eigenvalue weighted by Crippen LogP contribution is -2.41. The highest BCUT2D eigenvalue weighted by Gasteiger charge is 2.33. The lowest BCUT2D eigenvalue weighted by Gasteiger charge is -2.27. The molecule has 0 radical (unpaired) electrons. The zero-order chi connectivity index (χ0) is 23.3. The number of nitrogens with two attached hydrogens (primary N) is 1. The number of aromatic nitrogens is 2. The molecule has 13 nitrogen and oxygen atoms in total. The second-order valence-corrected chi connectivity index (χ2v) is 6.86. The van der Waals surface area contributed by atoms with Gasteiger partial charge in [-0.2, -0.15) is 4.98 Å². The van der Waals surface area contributed by atoms with Crippen LogP contribution in [0.2, 0.25) is 0 Å². The van der Waals surface area contributed by atoms with E-state index in [4.69, 9.17) is 29.4 Å². The molecule has 180 valence electrons. The van der Waals surface area contributed by atoms with Gasteiger partial charge in [0.15, 0.2) is 5.82 Å². The number of fused-ring (bicyclic) bond motifs is 1. The van der Waals surface area contributed by atoms with Gasteiger partial charge in [-0.25, -0.2) is 9.59 Å². The van der Waals surface area contributed by atoms with Crippen LogP contribution in [0.3, 0.4) is 0 Å². The molecule has 0 bridgehead atoms. The average molecular weight is 457 g/mol. The largest absolute Gasteiger partial charge is 0.511 e. The number of nitrogens with one attached hydrogen (secondary N) is 2. The Morgan fingerprint density at radius 3 is 2.31 bits per heavy atom. The van der Waals surface area contributed by atoms with Gasteiger partial charge in [-0.3, -0.25) is 14.7 Å². The van der Waals surface area contributed by atoms with E-state index < -0.39 is 24.3 Å². The van der Waals surface area contributed by atoms with E-state index in [2.05, 4.69) is 15.3 Å². The third-order valence-electron chi connectivity index (χ3n) is 4.27. The van der Waals surface area contributed by atoms with Gasteiger partial charge in [-0.15, -0.1) is 0 Å². The van der Waals surface area contributed by atoms with E-state index in [-0.39, 0.29) is 43.9 Å². The molecule has 0 aliphatic carbocycles. The van der Waals surface area contributed by atoms with Gasteiger partial charge in [0.2, 0.25) is 5.95 Å². The SMILES string of the molecule is CCCCOC(=O)OCCCOC(OC(=O)OCCCC)N1CNc2c1nc(N)[nH]c2=O. The first-order chi connectivity index (χ1) is 15.5. The van der Waals surface area contributed by atoms with Crippen LogP contribution in [0.4, 0.5) is 27.0 Å². The van der Waals surface area contributed by atoms with Crippen molar-refractivity contribution in [2.45, 2.75) is 52.4 Å². The molecule has 1 aromatic rings. The predicted octanol–water partition coefficient (Wildman–Crippen LogP) is 2.14. The third kappa shape index (κ3) is 7.80. The van der Waals surface area contributed by atoms with E-state index in [1.54, 1.807) is 0 Å². The molecule has 2 rings (SSSR count). The second-order valence-electron chi connectivity index (χ2n) is 6.86. The van der Waals surface area contributed by atoms with Crippen molar-refractivity contribution in [3.63, 3.8) is 0 Å². The molecule has 0 spiro atoms. The van der Waals surface area contributed by atoms with Crippen LogP contribution in [-0.2, 0) is 23.7 Å². The number of rotatable bonds is 13. The van der Waals surface area contributed by atoms with Crippen LogP contribution in [0, 0.1) is 0 Å². The van der Waals surface area contributed by atoms with Gasteiger partial charge in [0.1, 0.15) is 5.69 Å². The molecule has 13 heteroatoms. The lowest BCUT2D eigenvalue weighted by molar-refractivity contribution is -0.123. The molecule has 0 aromatic carbocycles. The highest BCUT2D eigenvalue weighted by Crippen LogP contribution is 2.28. The Kier molecular flexibility index (Phi) is 10.4. The molecule has 1 aliphatic rings. The van der Waals surface area contributed by atoms with Gasteiger partial charge in [-0.05, 0) is 12.8 Å². The van der Waals surface area contributed by atoms with Crippen molar-refractivity contribution in [3.05, 3.63) is 10.4 Å². The van der Waals surface area contributed by atoms with E-state index in [0.29, 0.717) is 19.4 Å². The number of hydrogen-bond acceptors (Lipinski definition) is 12. The van der Waals surface area contributed by atoms with E-state index >= 15 is 0 Å². The summed E-state index contributed by atoms with van der Waals surface area (Å²) in [5, 5.41) is 2.86. The minimum atomic E-state index is -1.25. The number of hydrogen-bond donors (Lipinski definition) is 3. The molecule has 32 heavy (non-hydrogen) atoms. The first-order valence-electron chi connectivity index (χ1n) is 10.6. The minimum absolute atomic E-state index is 0.0539. The number of carbonyl (C=O) groups excluding carboxylic acids is 2. The number of anilines is 3. The van der Waals surface area contributed by atoms with E-state index in [1.807, 2.05) is 13.8 Å². The Hall–Kier alpha value is -3.22. The molecule has 1 atom stereocenters. The molecule has 0 amide bonds. The molecule has 0 saturated heterocycles. The summed E-state index contributed by atoms with van der Waals surface area (Å²) in [6.07, 6.45) is 0.600. The van der Waals surface area contributed by atoms with Crippen molar-refractivity contribution < 1.29 is 33.3 Å². The summed E-state index contributed by atoms with van der Waals surface area (Å²) >= 11 is 0. The molecule has 2 heterocycles. The van der Waals surface area contributed by atoms with Crippen molar-refractivity contribution in [3.8, 4) is 0 Å². The fourth-order valence-corrected chi connectivity index (χ4v) is 2.60. The van der Waals surface area contributed by atoms with Crippen molar-refractivity contribution in [2.75, 3.05) is 49.0 Å². The van der Waals surface area contributed by atoms with Crippen molar-refractivity contribution >= 4 is 29.8 Å². The van der Waals surface area contributed by atoms with Crippen LogP contribution in [0.1, 0.15) is 46.0 Å². The molecule has 1 unspecified atom stereocenters. The highest BCUT2D eigenvalue weighted by atomic mass is 16.8.